The van der Waals surface area contributed by atoms with Crippen LogP contribution in [-0.4, -0.2) is 25.8 Å². The zero-order valence-electron chi connectivity index (χ0n) is 10.3. The maximum atomic E-state index is 6.32. The topological polar surface area (TPSA) is 38.5 Å². The molecular weight excluding hydrogens is 236 g/mol. The molecule has 0 aliphatic carbocycles. The van der Waals surface area contributed by atoms with Crippen LogP contribution in [0.5, 0.6) is 0 Å². The molecule has 0 bridgehead atoms. The smallest absolute Gasteiger partial charge is 0.0722 e. The third kappa shape index (κ3) is 2.92. The Bertz CT molecular complexity index is 395. The van der Waals surface area contributed by atoms with Crippen molar-refractivity contribution < 1.29 is 4.74 Å². The van der Waals surface area contributed by atoms with Crippen LogP contribution >= 0.6 is 11.6 Å². The second kappa shape index (κ2) is 5.25. The number of halogens is 1. The Labute approximate surface area is 107 Å². The minimum absolute atomic E-state index is 0.0187. The molecule has 1 aliphatic rings. The molecule has 1 fully saturated rings. The van der Waals surface area contributed by atoms with Gasteiger partial charge in [-0.2, -0.15) is 0 Å². The molecule has 2 N–H and O–H groups in total. The van der Waals surface area contributed by atoms with Crippen molar-refractivity contribution in [2.75, 3.05) is 24.6 Å². The molecule has 0 amide bonds. The number of nitrogens with zero attached hydrogens (tertiary/aromatic N) is 1. The lowest BCUT2D eigenvalue weighted by atomic mass is 10.1. The Hall–Kier alpha value is -0.770. The lowest BCUT2D eigenvalue weighted by Crippen LogP contribution is -2.41. The number of morpholine rings is 1. The summed E-state index contributed by atoms with van der Waals surface area (Å²) in [7, 11) is 0. The van der Waals surface area contributed by atoms with E-state index in [0.29, 0.717) is 0 Å². The van der Waals surface area contributed by atoms with Gasteiger partial charge >= 0.3 is 0 Å². The summed E-state index contributed by atoms with van der Waals surface area (Å²) in [5, 5.41) is 0.772. The average molecular weight is 255 g/mol. The highest BCUT2D eigenvalue weighted by atomic mass is 35.5. The molecule has 0 aromatic heterocycles. The molecule has 1 saturated heterocycles. The van der Waals surface area contributed by atoms with Gasteiger partial charge in [-0.15, -0.1) is 0 Å². The third-order valence-corrected chi connectivity index (χ3v) is 3.38. The molecule has 0 saturated carbocycles. The second-order valence-corrected chi connectivity index (χ2v) is 5.03. The van der Waals surface area contributed by atoms with E-state index in [-0.39, 0.29) is 12.1 Å². The number of anilines is 1. The van der Waals surface area contributed by atoms with Gasteiger partial charge in [-0.1, -0.05) is 17.7 Å². The van der Waals surface area contributed by atoms with E-state index in [9.17, 15) is 0 Å². The first kappa shape index (κ1) is 12.7. The third-order valence-electron chi connectivity index (χ3n) is 3.08. The first-order chi connectivity index (χ1) is 8.08. The van der Waals surface area contributed by atoms with Crippen LogP contribution in [0.15, 0.2) is 18.2 Å². The molecule has 2 atom stereocenters. The fourth-order valence-corrected chi connectivity index (χ4v) is 2.41. The van der Waals surface area contributed by atoms with Crippen molar-refractivity contribution in [2.24, 2.45) is 5.73 Å². The summed E-state index contributed by atoms with van der Waals surface area (Å²) in [6.07, 6.45) is 0.257. The first-order valence-electron chi connectivity index (χ1n) is 5.99. The number of benzene rings is 1. The number of hydrogen-bond donors (Lipinski definition) is 1. The predicted molar refractivity (Wildman–Crippen MR) is 71.7 cm³/mol. The van der Waals surface area contributed by atoms with Gasteiger partial charge < -0.3 is 15.4 Å². The van der Waals surface area contributed by atoms with Gasteiger partial charge in [0.15, 0.2) is 0 Å². The van der Waals surface area contributed by atoms with Crippen molar-refractivity contribution in [3.63, 3.8) is 0 Å². The summed E-state index contributed by atoms with van der Waals surface area (Å²) < 4.78 is 5.53. The number of ether oxygens (including phenoxy) is 1. The largest absolute Gasteiger partial charge is 0.375 e. The molecule has 1 aromatic carbocycles. The van der Waals surface area contributed by atoms with Crippen LogP contribution in [0, 0.1) is 0 Å². The van der Waals surface area contributed by atoms with Crippen molar-refractivity contribution >= 4 is 17.3 Å². The fraction of sp³-hybridized carbons (Fsp3) is 0.538. The van der Waals surface area contributed by atoms with Crippen LogP contribution in [-0.2, 0) is 4.74 Å². The summed E-state index contributed by atoms with van der Waals surface area (Å²) in [6, 6.07) is 6.08. The van der Waals surface area contributed by atoms with Crippen molar-refractivity contribution in [1.29, 1.82) is 0 Å². The summed E-state index contributed by atoms with van der Waals surface area (Å²) in [5.74, 6) is 0. The van der Waals surface area contributed by atoms with E-state index in [0.717, 1.165) is 36.0 Å². The van der Waals surface area contributed by atoms with E-state index < -0.39 is 0 Å². The SMILES string of the molecule is CC1CN(c2ccc([C@H](C)N)cc2Cl)CCO1. The Morgan fingerprint density at radius 1 is 1.53 bits per heavy atom. The number of hydrogen-bond acceptors (Lipinski definition) is 3. The van der Waals surface area contributed by atoms with E-state index in [4.69, 9.17) is 22.1 Å². The van der Waals surface area contributed by atoms with Gasteiger partial charge in [-0.05, 0) is 31.5 Å². The van der Waals surface area contributed by atoms with E-state index in [1.807, 2.05) is 19.1 Å². The van der Waals surface area contributed by atoms with E-state index >= 15 is 0 Å². The summed E-state index contributed by atoms with van der Waals surface area (Å²) in [4.78, 5) is 2.27. The van der Waals surface area contributed by atoms with E-state index in [1.165, 1.54) is 0 Å². The van der Waals surface area contributed by atoms with Crippen LogP contribution in [0.4, 0.5) is 5.69 Å². The monoisotopic (exact) mass is 254 g/mol. The van der Waals surface area contributed by atoms with Crippen molar-refractivity contribution in [2.45, 2.75) is 26.0 Å². The van der Waals surface area contributed by atoms with E-state index in [2.05, 4.69) is 17.9 Å². The summed E-state index contributed by atoms with van der Waals surface area (Å²) >= 11 is 6.32. The molecule has 0 spiro atoms. The highest BCUT2D eigenvalue weighted by molar-refractivity contribution is 6.33. The maximum absolute atomic E-state index is 6.32. The summed E-state index contributed by atoms with van der Waals surface area (Å²) in [5.41, 5.74) is 7.99. The molecule has 1 heterocycles. The Balaban J connectivity index is 2.21. The maximum Gasteiger partial charge on any atom is 0.0722 e. The van der Waals surface area contributed by atoms with E-state index in [1.54, 1.807) is 0 Å². The molecule has 4 heteroatoms. The fourth-order valence-electron chi connectivity index (χ4n) is 2.10. The Morgan fingerprint density at radius 3 is 2.88 bits per heavy atom. The lowest BCUT2D eigenvalue weighted by Gasteiger charge is -2.33. The van der Waals surface area contributed by atoms with Gasteiger partial charge in [-0.3, -0.25) is 0 Å². The standard InChI is InChI=1S/C13H19ClN2O/c1-9-8-16(5-6-17-9)13-4-3-11(10(2)15)7-12(13)14/h3-4,7,9-10H,5-6,8,15H2,1-2H3/t9?,10-/m0/s1. The van der Waals surface area contributed by atoms with Crippen LogP contribution in [0.2, 0.25) is 5.02 Å². The minimum Gasteiger partial charge on any atom is -0.375 e. The van der Waals surface area contributed by atoms with Gasteiger partial charge in [-0.25, -0.2) is 0 Å². The molecule has 0 radical (unpaired) electrons. The molecule has 94 valence electrons. The Morgan fingerprint density at radius 2 is 2.29 bits per heavy atom. The molecule has 17 heavy (non-hydrogen) atoms. The highest BCUT2D eigenvalue weighted by Gasteiger charge is 2.19. The zero-order chi connectivity index (χ0) is 12.4. The van der Waals surface area contributed by atoms with Crippen LogP contribution < -0.4 is 10.6 Å². The van der Waals surface area contributed by atoms with Crippen LogP contribution in [0.3, 0.4) is 0 Å². The number of rotatable bonds is 2. The molecule has 1 aromatic rings. The first-order valence-corrected chi connectivity index (χ1v) is 6.37. The quantitative estimate of drug-likeness (QED) is 0.882. The van der Waals surface area contributed by atoms with Crippen molar-refractivity contribution in [3.05, 3.63) is 28.8 Å². The van der Waals surface area contributed by atoms with Gasteiger partial charge in [0.05, 0.1) is 23.4 Å². The normalized spacial score (nSPS) is 22.6. The van der Waals surface area contributed by atoms with Crippen LogP contribution in [0.25, 0.3) is 0 Å². The molecule has 2 rings (SSSR count). The highest BCUT2D eigenvalue weighted by Crippen LogP contribution is 2.29. The number of nitrogens with two attached hydrogens (primary N) is 1. The molecule has 1 aliphatic heterocycles. The van der Waals surface area contributed by atoms with Crippen molar-refractivity contribution in [1.82, 2.24) is 0 Å². The second-order valence-electron chi connectivity index (χ2n) is 4.63. The van der Waals surface area contributed by atoms with Crippen molar-refractivity contribution in [3.8, 4) is 0 Å². The van der Waals surface area contributed by atoms with Gasteiger partial charge in [0.1, 0.15) is 0 Å². The van der Waals surface area contributed by atoms with Gasteiger partial charge in [0.2, 0.25) is 0 Å². The Kier molecular flexibility index (Phi) is 3.92. The van der Waals surface area contributed by atoms with Gasteiger partial charge in [0.25, 0.3) is 0 Å². The van der Waals surface area contributed by atoms with Crippen LogP contribution in [0.1, 0.15) is 25.5 Å². The summed E-state index contributed by atoms with van der Waals surface area (Å²) in [6.45, 7) is 6.57. The lowest BCUT2D eigenvalue weighted by molar-refractivity contribution is 0.0532. The average Bonchev–Trinajstić information content (AvgIpc) is 2.28. The minimum atomic E-state index is 0.0187. The predicted octanol–water partition coefficient (Wildman–Crippen LogP) is 2.58. The molecule has 1 unspecified atom stereocenters. The zero-order valence-corrected chi connectivity index (χ0v) is 11.1. The molecular formula is C13H19ClN2O. The molecule has 3 nitrogen and oxygen atoms in total. The van der Waals surface area contributed by atoms with Gasteiger partial charge in [0, 0.05) is 19.1 Å².